The molecule has 0 aromatic rings. The van der Waals surface area contributed by atoms with Gasteiger partial charge in [0.1, 0.15) is 0 Å². The van der Waals surface area contributed by atoms with Crippen LogP contribution in [0.5, 0.6) is 0 Å². The van der Waals surface area contributed by atoms with E-state index in [4.69, 9.17) is 4.74 Å². The molecule has 1 saturated carbocycles. The van der Waals surface area contributed by atoms with Gasteiger partial charge in [0.05, 0.1) is 18.3 Å². The average Bonchev–Trinajstić information content (AvgIpc) is 2.53. The molecule has 0 amide bonds. The van der Waals surface area contributed by atoms with Crippen LogP contribution in [0.2, 0.25) is 0 Å². The molecular formula is C15H24O2. The summed E-state index contributed by atoms with van der Waals surface area (Å²) in [5.41, 5.74) is 1.50. The normalized spacial score (nSPS) is 52.4. The van der Waals surface area contributed by atoms with Gasteiger partial charge in [0, 0.05) is 0 Å². The summed E-state index contributed by atoms with van der Waals surface area (Å²) < 4.78 is 6.19. The summed E-state index contributed by atoms with van der Waals surface area (Å²) in [5.74, 6) is 0.467. The number of rotatable bonds is 0. The van der Waals surface area contributed by atoms with Gasteiger partial charge in [-0.25, -0.2) is 0 Å². The van der Waals surface area contributed by atoms with Crippen LogP contribution in [0.15, 0.2) is 12.2 Å². The van der Waals surface area contributed by atoms with E-state index in [-0.39, 0.29) is 29.1 Å². The fraction of sp³-hybridized carbons (Fsp3) is 0.867. The Balaban J connectivity index is 2.02. The zero-order chi connectivity index (χ0) is 12.4. The molecule has 2 saturated heterocycles. The molecular weight excluding hydrogens is 212 g/mol. The van der Waals surface area contributed by atoms with Crippen molar-refractivity contribution in [3.63, 3.8) is 0 Å². The Bertz CT molecular complexity index is 360. The second kappa shape index (κ2) is 3.36. The highest BCUT2D eigenvalue weighted by Crippen LogP contribution is 2.61. The SMILES string of the molecule is C=C1C[C@@H]2O[C@H]1CC[C@]1(C)[C@@H](O)CC(C)(C)[C@H]21. The Labute approximate surface area is 104 Å². The van der Waals surface area contributed by atoms with Crippen molar-refractivity contribution in [1.29, 1.82) is 0 Å². The summed E-state index contributed by atoms with van der Waals surface area (Å²) >= 11 is 0. The second-order valence-electron chi connectivity index (χ2n) is 7.26. The number of hydrogen-bond donors (Lipinski definition) is 1. The molecule has 2 nitrogen and oxygen atoms in total. The highest BCUT2D eigenvalue weighted by atomic mass is 16.5. The van der Waals surface area contributed by atoms with Crippen molar-refractivity contribution in [2.24, 2.45) is 16.7 Å². The van der Waals surface area contributed by atoms with Crippen molar-refractivity contribution in [1.82, 2.24) is 0 Å². The van der Waals surface area contributed by atoms with Crippen LogP contribution in [0, 0.1) is 16.7 Å². The summed E-state index contributed by atoms with van der Waals surface area (Å²) in [7, 11) is 0. The molecule has 0 aromatic carbocycles. The smallest absolute Gasteiger partial charge is 0.0787 e. The fourth-order valence-corrected chi connectivity index (χ4v) is 4.86. The number of fused-ring (bicyclic) bond motifs is 4. The molecule has 1 aliphatic carbocycles. The quantitative estimate of drug-likeness (QED) is 0.655. The van der Waals surface area contributed by atoms with Crippen molar-refractivity contribution >= 4 is 0 Å². The molecule has 2 heteroatoms. The first-order valence-electron chi connectivity index (χ1n) is 6.86. The largest absolute Gasteiger partial charge is 0.393 e. The lowest BCUT2D eigenvalue weighted by atomic mass is 9.64. The van der Waals surface area contributed by atoms with Crippen LogP contribution in [0.1, 0.15) is 46.5 Å². The minimum atomic E-state index is -0.168. The summed E-state index contributed by atoms with van der Waals surface area (Å²) in [6.07, 6.45) is 4.39. The maximum Gasteiger partial charge on any atom is 0.0787 e. The zero-order valence-electron chi connectivity index (χ0n) is 11.2. The molecule has 5 atom stereocenters. The van der Waals surface area contributed by atoms with Crippen LogP contribution in [0.3, 0.4) is 0 Å². The zero-order valence-corrected chi connectivity index (χ0v) is 11.2. The highest BCUT2D eigenvalue weighted by molar-refractivity contribution is 5.18. The Hall–Kier alpha value is -0.340. The number of aliphatic hydroxyl groups excluding tert-OH is 1. The van der Waals surface area contributed by atoms with E-state index in [0.29, 0.717) is 5.92 Å². The molecule has 3 rings (SSSR count). The first kappa shape index (κ1) is 11.7. The van der Waals surface area contributed by atoms with Crippen molar-refractivity contribution in [2.45, 2.75) is 64.8 Å². The average molecular weight is 236 g/mol. The van der Waals surface area contributed by atoms with E-state index in [1.165, 1.54) is 5.57 Å². The summed E-state index contributed by atoms with van der Waals surface area (Å²) in [6.45, 7) is 11.0. The van der Waals surface area contributed by atoms with Gasteiger partial charge in [-0.2, -0.15) is 0 Å². The summed E-state index contributed by atoms with van der Waals surface area (Å²) in [5, 5.41) is 10.5. The molecule has 0 spiro atoms. The van der Waals surface area contributed by atoms with Crippen molar-refractivity contribution < 1.29 is 9.84 Å². The van der Waals surface area contributed by atoms with Gasteiger partial charge < -0.3 is 9.84 Å². The van der Waals surface area contributed by atoms with Crippen LogP contribution >= 0.6 is 0 Å². The minimum absolute atomic E-state index is 0.0453. The Morgan fingerprint density at radius 3 is 2.76 bits per heavy atom. The molecule has 0 aromatic heterocycles. The third-order valence-electron chi connectivity index (χ3n) is 5.61. The maximum absolute atomic E-state index is 10.5. The molecule has 2 aliphatic heterocycles. The van der Waals surface area contributed by atoms with Crippen molar-refractivity contribution in [2.75, 3.05) is 0 Å². The standard InChI is InChI=1S/C15H24O2/c1-9-7-11-13-14(2,3)8-12(16)15(13,4)6-5-10(9)17-11/h10-13,16H,1,5-8H2,2-4H3/t10-,11-,12-,13-,15+/m0/s1. The van der Waals surface area contributed by atoms with E-state index in [0.717, 1.165) is 25.7 Å². The molecule has 2 bridgehead atoms. The molecule has 0 radical (unpaired) electrons. The topological polar surface area (TPSA) is 29.5 Å². The highest BCUT2D eigenvalue weighted by Gasteiger charge is 2.61. The van der Waals surface area contributed by atoms with Gasteiger partial charge in [0.2, 0.25) is 0 Å². The molecule has 17 heavy (non-hydrogen) atoms. The molecule has 1 N–H and O–H groups in total. The Morgan fingerprint density at radius 2 is 2.06 bits per heavy atom. The first-order chi connectivity index (χ1) is 7.84. The second-order valence-corrected chi connectivity index (χ2v) is 7.26. The van der Waals surface area contributed by atoms with E-state index < -0.39 is 0 Å². The van der Waals surface area contributed by atoms with Crippen molar-refractivity contribution in [3.05, 3.63) is 12.2 Å². The first-order valence-corrected chi connectivity index (χ1v) is 6.86. The van der Waals surface area contributed by atoms with E-state index in [1.807, 2.05) is 0 Å². The van der Waals surface area contributed by atoms with Gasteiger partial charge in [0.15, 0.2) is 0 Å². The lowest BCUT2D eigenvalue weighted by molar-refractivity contribution is -0.0393. The van der Waals surface area contributed by atoms with Gasteiger partial charge in [-0.1, -0.05) is 27.4 Å². The van der Waals surface area contributed by atoms with E-state index in [1.54, 1.807) is 0 Å². The van der Waals surface area contributed by atoms with Crippen molar-refractivity contribution in [3.8, 4) is 0 Å². The van der Waals surface area contributed by atoms with Gasteiger partial charge in [-0.05, 0) is 48.0 Å². The van der Waals surface area contributed by atoms with E-state index in [2.05, 4.69) is 27.4 Å². The van der Waals surface area contributed by atoms with Crippen LogP contribution < -0.4 is 0 Å². The van der Waals surface area contributed by atoms with Gasteiger partial charge >= 0.3 is 0 Å². The maximum atomic E-state index is 10.5. The van der Waals surface area contributed by atoms with E-state index >= 15 is 0 Å². The summed E-state index contributed by atoms with van der Waals surface area (Å²) in [6, 6.07) is 0. The molecule has 0 unspecified atom stereocenters. The van der Waals surface area contributed by atoms with E-state index in [9.17, 15) is 5.11 Å². The van der Waals surface area contributed by atoms with Crippen LogP contribution in [-0.2, 0) is 4.74 Å². The lowest BCUT2D eigenvalue weighted by Crippen LogP contribution is -2.41. The van der Waals surface area contributed by atoms with Gasteiger partial charge in [-0.3, -0.25) is 0 Å². The van der Waals surface area contributed by atoms with Crippen LogP contribution in [0.25, 0.3) is 0 Å². The predicted molar refractivity (Wildman–Crippen MR) is 67.7 cm³/mol. The van der Waals surface area contributed by atoms with Crippen LogP contribution in [0.4, 0.5) is 0 Å². The lowest BCUT2D eigenvalue weighted by Gasteiger charge is -2.40. The molecule has 3 fully saturated rings. The van der Waals surface area contributed by atoms with Gasteiger partial charge in [-0.15, -0.1) is 0 Å². The van der Waals surface area contributed by atoms with Crippen LogP contribution in [-0.4, -0.2) is 23.4 Å². The molecule has 96 valence electrons. The molecule has 2 heterocycles. The fourth-order valence-electron chi connectivity index (χ4n) is 4.86. The Kier molecular flexibility index (Phi) is 2.32. The number of aliphatic hydroxyl groups is 1. The predicted octanol–water partition coefficient (Wildman–Crippen LogP) is 2.91. The number of hydrogen-bond acceptors (Lipinski definition) is 2. The molecule has 3 aliphatic rings. The third kappa shape index (κ3) is 1.47. The third-order valence-corrected chi connectivity index (χ3v) is 5.61. The monoisotopic (exact) mass is 236 g/mol. The minimum Gasteiger partial charge on any atom is -0.393 e. The number of ether oxygens (including phenoxy) is 1. The Morgan fingerprint density at radius 1 is 1.35 bits per heavy atom. The summed E-state index contributed by atoms with van der Waals surface area (Å²) in [4.78, 5) is 0. The van der Waals surface area contributed by atoms with Gasteiger partial charge in [0.25, 0.3) is 0 Å².